The first kappa shape index (κ1) is 13.3. The Hall–Kier alpha value is -1.68. The number of rotatable bonds is 2. The molecule has 0 radical (unpaired) electrons. The fourth-order valence-electron chi connectivity index (χ4n) is 2.48. The standard InChI is InChI=1S/C15H14ClFN2O/c1-20-13-8-9(6-7-11(13)17)15-18-12-5-3-2-4-10(12)14(16)19-15/h6-8H,2-5H2,1H3. The summed E-state index contributed by atoms with van der Waals surface area (Å²) >= 11 is 6.25. The van der Waals surface area contributed by atoms with E-state index in [0.29, 0.717) is 16.5 Å². The molecule has 0 aliphatic heterocycles. The van der Waals surface area contributed by atoms with Crippen LogP contribution in [0.2, 0.25) is 5.15 Å². The predicted octanol–water partition coefficient (Wildman–Crippen LogP) is 3.82. The molecule has 3 rings (SSSR count). The smallest absolute Gasteiger partial charge is 0.165 e. The molecule has 0 saturated heterocycles. The van der Waals surface area contributed by atoms with E-state index in [1.54, 1.807) is 12.1 Å². The Kier molecular flexibility index (Phi) is 3.57. The molecule has 0 unspecified atom stereocenters. The number of nitrogens with zero attached hydrogens (tertiary/aromatic N) is 2. The van der Waals surface area contributed by atoms with Gasteiger partial charge in [0.15, 0.2) is 17.4 Å². The van der Waals surface area contributed by atoms with Crippen LogP contribution in [0.4, 0.5) is 4.39 Å². The first-order valence-corrected chi connectivity index (χ1v) is 6.96. The van der Waals surface area contributed by atoms with Gasteiger partial charge in [0.1, 0.15) is 5.15 Å². The van der Waals surface area contributed by atoms with Crippen molar-refractivity contribution in [1.82, 2.24) is 9.97 Å². The Balaban J connectivity index is 2.08. The number of halogens is 2. The Bertz CT molecular complexity index is 661. The number of ether oxygens (including phenoxy) is 1. The molecule has 2 aromatic rings. The van der Waals surface area contributed by atoms with E-state index in [1.807, 2.05) is 0 Å². The second kappa shape index (κ2) is 5.37. The van der Waals surface area contributed by atoms with E-state index in [-0.39, 0.29) is 5.75 Å². The molecule has 5 heteroatoms. The zero-order valence-electron chi connectivity index (χ0n) is 11.1. The van der Waals surface area contributed by atoms with Crippen molar-refractivity contribution in [1.29, 1.82) is 0 Å². The van der Waals surface area contributed by atoms with Gasteiger partial charge in [0.2, 0.25) is 0 Å². The number of methoxy groups -OCH3 is 1. The van der Waals surface area contributed by atoms with E-state index < -0.39 is 5.82 Å². The molecular weight excluding hydrogens is 279 g/mol. The van der Waals surface area contributed by atoms with Crippen molar-refractivity contribution < 1.29 is 9.13 Å². The normalized spacial score (nSPS) is 13.9. The highest BCUT2D eigenvalue weighted by Gasteiger charge is 2.18. The van der Waals surface area contributed by atoms with Crippen LogP contribution in [0, 0.1) is 5.82 Å². The number of hydrogen-bond donors (Lipinski definition) is 0. The summed E-state index contributed by atoms with van der Waals surface area (Å²) in [4.78, 5) is 8.91. The molecular formula is C15H14ClFN2O. The Morgan fingerprint density at radius 3 is 2.80 bits per heavy atom. The quantitative estimate of drug-likeness (QED) is 0.789. The molecule has 0 bridgehead atoms. The summed E-state index contributed by atoms with van der Waals surface area (Å²) in [6.07, 6.45) is 4.09. The first-order valence-electron chi connectivity index (χ1n) is 6.58. The molecule has 0 saturated carbocycles. The van der Waals surface area contributed by atoms with Gasteiger partial charge in [-0.15, -0.1) is 0 Å². The van der Waals surface area contributed by atoms with Crippen LogP contribution in [0.3, 0.4) is 0 Å². The summed E-state index contributed by atoms with van der Waals surface area (Å²) in [6, 6.07) is 4.58. The third-order valence-corrected chi connectivity index (χ3v) is 3.85. The molecule has 0 amide bonds. The monoisotopic (exact) mass is 292 g/mol. The van der Waals surface area contributed by atoms with Gasteiger partial charge in [-0.2, -0.15) is 0 Å². The van der Waals surface area contributed by atoms with E-state index in [0.717, 1.165) is 36.9 Å². The lowest BCUT2D eigenvalue weighted by Crippen LogP contribution is -2.08. The molecule has 3 nitrogen and oxygen atoms in total. The highest BCUT2D eigenvalue weighted by molar-refractivity contribution is 6.30. The maximum absolute atomic E-state index is 13.4. The van der Waals surface area contributed by atoms with E-state index >= 15 is 0 Å². The van der Waals surface area contributed by atoms with Gasteiger partial charge < -0.3 is 4.74 Å². The van der Waals surface area contributed by atoms with Crippen LogP contribution in [0.15, 0.2) is 18.2 Å². The molecule has 1 aliphatic rings. The maximum Gasteiger partial charge on any atom is 0.165 e. The van der Waals surface area contributed by atoms with E-state index in [2.05, 4.69) is 9.97 Å². The summed E-state index contributed by atoms with van der Waals surface area (Å²) in [6.45, 7) is 0. The second-order valence-corrected chi connectivity index (χ2v) is 5.18. The van der Waals surface area contributed by atoms with Crippen LogP contribution < -0.4 is 4.74 Å². The van der Waals surface area contributed by atoms with Crippen molar-refractivity contribution in [3.05, 3.63) is 40.4 Å². The molecule has 1 heterocycles. The van der Waals surface area contributed by atoms with Crippen molar-refractivity contribution in [2.45, 2.75) is 25.7 Å². The second-order valence-electron chi connectivity index (χ2n) is 4.82. The SMILES string of the molecule is COc1cc(-c2nc(Cl)c3c(n2)CCCC3)ccc1F. The van der Waals surface area contributed by atoms with Crippen LogP contribution >= 0.6 is 11.6 Å². The number of benzene rings is 1. The third kappa shape index (κ3) is 2.36. The van der Waals surface area contributed by atoms with Crippen LogP contribution in [0.1, 0.15) is 24.1 Å². The van der Waals surface area contributed by atoms with Crippen LogP contribution in [0.5, 0.6) is 5.75 Å². The highest BCUT2D eigenvalue weighted by Crippen LogP contribution is 2.30. The first-order chi connectivity index (χ1) is 9.69. The Morgan fingerprint density at radius 2 is 2.00 bits per heavy atom. The van der Waals surface area contributed by atoms with Gasteiger partial charge in [-0.05, 0) is 43.9 Å². The lowest BCUT2D eigenvalue weighted by Gasteiger charge is -2.16. The molecule has 0 fully saturated rings. The topological polar surface area (TPSA) is 35.0 Å². The predicted molar refractivity (Wildman–Crippen MR) is 75.6 cm³/mol. The van der Waals surface area contributed by atoms with Gasteiger partial charge in [0.25, 0.3) is 0 Å². The highest BCUT2D eigenvalue weighted by atomic mass is 35.5. The van der Waals surface area contributed by atoms with E-state index in [1.165, 1.54) is 13.2 Å². The fourth-order valence-corrected chi connectivity index (χ4v) is 2.76. The number of fused-ring (bicyclic) bond motifs is 1. The van der Waals surface area contributed by atoms with Crippen molar-refractivity contribution in [3.63, 3.8) is 0 Å². The number of aryl methyl sites for hydroxylation is 1. The van der Waals surface area contributed by atoms with Crippen molar-refractivity contribution in [2.24, 2.45) is 0 Å². The molecule has 0 atom stereocenters. The molecule has 0 spiro atoms. The lowest BCUT2D eigenvalue weighted by atomic mass is 9.97. The fraction of sp³-hybridized carbons (Fsp3) is 0.333. The van der Waals surface area contributed by atoms with Crippen molar-refractivity contribution in [3.8, 4) is 17.1 Å². The van der Waals surface area contributed by atoms with Crippen LogP contribution in [0.25, 0.3) is 11.4 Å². The molecule has 0 N–H and O–H groups in total. The zero-order valence-corrected chi connectivity index (χ0v) is 11.9. The van der Waals surface area contributed by atoms with Gasteiger partial charge in [-0.3, -0.25) is 0 Å². The molecule has 104 valence electrons. The molecule has 1 aromatic heterocycles. The van der Waals surface area contributed by atoms with Crippen LogP contribution in [-0.4, -0.2) is 17.1 Å². The number of aromatic nitrogens is 2. The Morgan fingerprint density at radius 1 is 1.20 bits per heavy atom. The van der Waals surface area contributed by atoms with Gasteiger partial charge >= 0.3 is 0 Å². The minimum absolute atomic E-state index is 0.181. The van der Waals surface area contributed by atoms with Gasteiger partial charge in [0.05, 0.1) is 7.11 Å². The average molecular weight is 293 g/mol. The summed E-state index contributed by atoms with van der Waals surface area (Å²) in [5.74, 6) is 0.300. The van der Waals surface area contributed by atoms with E-state index in [9.17, 15) is 4.39 Å². The molecule has 1 aromatic carbocycles. The largest absolute Gasteiger partial charge is 0.494 e. The molecule has 1 aliphatic carbocycles. The minimum atomic E-state index is -0.402. The maximum atomic E-state index is 13.4. The van der Waals surface area contributed by atoms with Crippen molar-refractivity contribution >= 4 is 11.6 Å². The number of hydrogen-bond acceptors (Lipinski definition) is 3. The van der Waals surface area contributed by atoms with Gasteiger partial charge in [-0.1, -0.05) is 11.6 Å². The lowest BCUT2D eigenvalue weighted by molar-refractivity contribution is 0.386. The van der Waals surface area contributed by atoms with E-state index in [4.69, 9.17) is 16.3 Å². The average Bonchev–Trinajstić information content (AvgIpc) is 2.47. The van der Waals surface area contributed by atoms with Gasteiger partial charge in [-0.25, -0.2) is 14.4 Å². The van der Waals surface area contributed by atoms with Gasteiger partial charge in [0, 0.05) is 16.8 Å². The summed E-state index contributed by atoms with van der Waals surface area (Å²) in [5.41, 5.74) is 2.77. The zero-order chi connectivity index (χ0) is 14.1. The van der Waals surface area contributed by atoms with Crippen LogP contribution in [-0.2, 0) is 12.8 Å². The summed E-state index contributed by atoms with van der Waals surface area (Å²) in [5, 5.41) is 0.507. The summed E-state index contributed by atoms with van der Waals surface area (Å²) in [7, 11) is 1.43. The van der Waals surface area contributed by atoms with Crippen molar-refractivity contribution in [2.75, 3.05) is 7.11 Å². The third-order valence-electron chi connectivity index (χ3n) is 3.54. The summed E-state index contributed by atoms with van der Waals surface area (Å²) < 4.78 is 18.4. The molecule has 20 heavy (non-hydrogen) atoms. The minimum Gasteiger partial charge on any atom is -0.494 e. The Labute approximate surface area is 121 Å².